The lowest BCUT2D eigenvalue weighted by Gasteiger charge is -2.13. The second-order valence-electron chi connectivity index (χ2n) is 17.4. The molecule has 0 aliphatic carbocycles. The number of carbonyl (C=O) groups is 1. The SMILES string of the molecule is Cc1cc(N=Nc2cc(C)c(N=Nc3c(S(=O)(=O)O)cc4cc(Nc5ccc(N)cc5)ccc4c3O)cc2C)ccc1N=Nc1ccc(C(=O)Nc2ccc3c(OCCCCS(=O)(=O)O)cc(S(=O)(=O)O)cc3c2)cc1. The van der Waals surface area contributed by atoms with Crippen LogP contribution in [0.5, 0.6) is 11.5 Å². The molecule has 8 rings (SSSR count). The van der Waals surface area contributed by atoms with Crippen molar-refractivity contribution in [3.8, 4) is 11.5 Å². The normalized spacial score (nSPS) is 12.3. The van der Waals surface area contributed by atoms with E-state index in [1.54, 1.807) is 123 Å². The lowest BCUT2D eigenvalue weighted by molar-refractivity contribution is 0.102. The molecule has 390 valence electrons. The summed E-state index contributed by atoms with van der Waals surface area (Å²) in [4.78, 5) is 12.2. The van der Waals surface area contributed by atoms with Gasteiger partial charge in [-0.3, -0.25) is 18.5 Å². The summed E-state index contributed by atoms with van der Waals surface area (Å²) in [5, 5.41) is 44.5. The first-order valence-corrected chi connectivity index (χ1v) is 27.4. The van der Waals surface area contributed by atoms with E-state index < -0.39 is 63.2 Å². The van der Waals surface area contributed by atoms with Crippen LogP contribution in [0.1, 0.15) is 39.9 Å². The molecule has 0 bridgehead atoms. The highest BCUT2D eigenvalue weighted by Crippen LogP contribution is 2.43. The Balaban J connectivity index is 0.905. The maximum absolute atomic E-state index is 13.2. The van der Waals surface area contributed by atoms with Crippen LogP contribution in [-0.2, 0) is 30.4 Å². The van der Waals surface area contributed by atoms with E-state index >= 15 is 0 Å². The van der Waals surface area contributed by atoms with E-state index in [0.29, 0.717) is 72.8 Å². The molecule has 0 radical (unpaired) electrons. The molecule has 8 aromatic rings. The first-order valence-electron chi connectivity index (χ1n) is 22.9. The Hall–Kier alpha value is -8.52. The van der Waals surface area contributed by atoms with Gasteiger partial charge in [-0.15, -0.1) is 5.11 Å². The van der Waals surface area contributed by atoms with Crippen molar-refractivity contribution in [3.63, 3.8) is 0 Å². The number of nitrogens with one attached hydrogen (secondary N) is 2. The number of hydrogen-bond donors (Lipinski definition) is 7. The Morgan fingerprint density at radius 3 is 1.80 bits per heavy atom. The van der Waals surface area contributed by atoms with Crippen LogP contribution in [-0.4, -0.2) is 62.3 Å². The van der Waals surface area contributed by atoms with Gasteiger partial charge in [0.05, 0.1) is 45.7 Å². The van der Waals surface area contributed by atoms with Crippen LogP contribution >= 0.6 is 0 Å². The second kappa shape index (κ2) is 22.1. The van der Waals surface area contributed by atoms with Gasteiger partial charge in [0.2, 0.25) is 0 Å². The number of benzene rings is 8. The van der Waals surface area contributed by atoms with Crippen molar-refractivity contribution in [2.24, 2.45) is 30.7 Å². The smallest absolute Gasteiger partial charge is 0.296 e. The van der Waals surface area contributed by atoms with Gasteiger partial charge in [0.1, 0.15) is 16.3 Å². The molecular weight excluding hydrogens is 1040 g/mol. The van der Waals surface area contributed by atoms with Crippen LogP contribution in [0.2, 0.25) is 0 Å². The fourth-order valence-corrected chi connectivity index (χ4v) is 9.46. The number of carbonyl (C=O) groups excluding carboxylic acids is 1. The molecular formula is C52H47N9O12S3. The summed E-state index contributed by atoms with van der Waals surface area (Å²) in [5.74, 6) is -1.32. The Kier molecular flexibility index (Phi) is 15.7. The Morgan fingerprint density at radius 2 is 1.14 bits per heavy atom. The molecule has 21 nitrogen and oxygen atoms in total. The number of unbranched alkanes of at least 4 members (excludes halogenated alkanes) is 1. The van der Waals surface area contributed by atoms with Gasteiger partial charge in [0.15, 0.2) is 5.75 Å². The standard InChI is InChI=1S/C52H47N9O12S3/c1-30-22-41(57-59-46-23-32(3)47(24-31(46)2)60-61-50-49(76(70,71)72)28-35-26-39(15-18-44(35)51(50)62)54-37-12-8-36(53)9-13-37)16-19-45(30)58-56-38-10-6-33(7-11-38)52(63)55-40-14-17-43-34(25-40)27-42(75(67,68)69)29-48(43)73-20-4-5-21-74(64,65)66/h6-19,22-29,54,62H,4-5,20-21,53H2,1-3H3,(H,55,63)(H,64,65,66)(H,67,68,69)(H,70,71,72). The van der Waals surface area contributed by atoms with Gasteiger partial charge in [-0.1, -0.05) is 0 Å². The molecule has 0 saturated carbocycles. The number of amides is 1. The molecule has 8 N–H and O–H groups in total. The minimum Gasteiger partial charge on any atom is -0.505 e. The molecule has 8 aromatic carbocycles. The maximum atomic E-state index is 13.2. The molecule has 24 heteroatoms. The van der Waals surface area contributed by atoms with E-state index in [4.69, 9.17) is 15.0 Å². The third-order valence-corrected chi connectivity index (χ3v) is 14.2. The van der Waals surface area contributed by atoms with Gasteiger partial charge in [-0.25, -0.2) is 0 Å². The van der Waals surface area contributed by atoms with Crippen LogP contribution in [0.25, 0.3) is 21.5 Å². The third-order valence-electron chi connectivity index (χ3n) is 11.7. The highest BCUT2D eigenvalue weighted by atomic mass is 32.2. The first-order chi connectivity index (χ1) is 36.0. The molecule has 0 fully saturated rings. The average Bonchev–Trinajstić information content (AvgIpc) is 3.37. The van der Waals surface area contributed by atoms with E-state index in [1.807, 2.05) is 6.92 Å². The zero-order chi connectivity index (χ0) is 54.5. The molecule has 0 aliphatic rings. The monoisotopic (exact) mass is 1090 g/mol. The molecule has 76 heavy (non-hydrogen) atoms. The van der Waals surface area contributed by atoms with Crippen LogP contribution in [0.3, 0.4) is 0 Å². The lowest BCUT2D eigenvalue weighted by atomic mass is 10.1. The van der Waals surface area contributed by atoms with Gasteiger partial charge < -0.3 is 26.2 Å². The molecule has 0 aliphatic heterocycles. The van der Waals surface area contributed by atoms with Crippen molar-refractivity contribution in [1.29, 1.82) is 0 Å². The number of rotatable bonds is 18. The highest BCUT2D eigenvalue weighted by molar-refractivity contribution is 7.86. The van der Waals surface area contributed by atoms with Crippen LogP contribution < -0.4 is 21.1 Å². The number of phenols is 1. The van der Waals surface area contributed by atoms with E-state index in [9.17, 15) is 44.3 Å². The number of phenolic OH excluding ortho intramolecular Hbond substituents is 1. The summed E-state index contributed by atoms with van der Waals surface area (Å²) in [6, 6.07) is 35.1. The number of azo groups is 3. The van der Waals surface area contributed by atoms with E-state index in [2.05, 4.69) is 41.3 Å². The summed E-state index contributed by atoms with van der Waals surface area (Å²) >= 11 is 0. The number of fused-ring (bicyclic) bond motifs is 2. The van der Waals surface area contributed by atoms with Crippen LogP contribution in [0.15, 0.2) is 174 Å². The molecule has 0 spiro atoms. The summed E-state index contributed by atoms with van der Waals surface area (Å²) in [6.45, 7) is 5.36. The minimum atomic E-state index is -4.86. The molecule has 0 unspecified atom stereocenters. The molecule has 1 amide bonds. The third kappa shape index (κ3) is 13.4. The Morgan fingerprint density at radius 1 is 0.566 bits per heavy atom. The minimum absolute atomic E-state index is 0.00289. The van der Waals surface area contributed by atoms with Crippen molar-refractivity contribution >= 4 is 115 Å². The lowest BCUT2D eigenvalue weighted by Crippen LogP contribution is -2.11. The van der Waals surface area contributed by atoms with Gasteiger partial charge in [0.25, 0.3) is 36.3 Å². The van der Waals surface area contributed by atoms with Crippen LogP contribution in [0, 0.1) is 20.8 Å². The average molecular weight is 1090 g/mol. The zero-order valence-electron chi connectivity index (χ0n) is 40.6. The number of ether oxygens (including phenoxy) is 1. The van der Waals surface area contributed by atoms with Gasteiger partial charge in [-0.2, -0.15) is 50.8 Å². The number of nitrogens with two attached hydrogens (primary N) is 1. The number of nitrogens with zero attached hydrogens (tertiary/aromatic N) is 6. The number of aromatic hydroxyl groups is 1. The largest absolute Gasteiger partial charge is 0.505 e. The molecule has 0 saturated heterocycles. The number of anilines is 4. The zero-order valence-corrected chi connectivity index (χ0v) is 43.0. The van der Waals surface area contributed by atoms with E-state index in [0.717, 1.165) is 17.3 Å². The predicted molar refractivity (Wildman–Crippen MR) is 288 cm³/mol. The number of aryl methyl sites for hydroxylation is 3. The number of hydrogen-bond acceptors (Lipinski definition) is 17. The summed E-state index contributed by atoms with van der Waals surface area (Å²) in [6.07, 6.45) is 0.338. The molecule has 0 aromatic heterocycles. The predicted octanol–water partition coefficient (Wildman–Crippen LogP) is 13.0. The van der Waals surface area contributed by atoms with Gasteiger partial charge in [-0.05, 0) is 188 Å². The van der Waals surface area contributed by atoms with Crippen LogP contribution in [0.4, 0.5) is 56.9 Å². The first kappa shape index (κ1) is 53.8. The van der Waals surface area contributed by atoms with E-state index in [1.165, 1.54) is 18.2 Å². The van der Waals surface area contributed by atoms with Crippen molar-refractivity contribution in [2.45, 2.75) is 43.4 Å². The van der Waals surface area contributed by atoms with Crippen molar-refractivity contribution < 1.29 is 53.5 Å². The summed E-state index contributed by atoms with van der Waals surface area (Å²) in [7, 11) is -13.7. The summed E-state index contributed by atoms with van der Waals surface area (Å²) in [5.41, 5.74) is 12.2. The van der Waals surface area contributed by atoms with Crippen molar-refractivity contribution in [3.05, 3.63) is 156 Å². The molecule has 0 atom stereocenters. The Bertz CT molecular complexity index is 4020. The fraction of sp³-hybridized carbons (Fsp3) is 0.135. The fourth-order valence-electron chi connectivity index (χ4n) is 7.70. The topological polar surface area (TPSA) is 334 Å². The second-order valence-corrected chi connectivity index (χ2v) is 21.8. The number of nitrogen functional groups attached to an aromatic ring is 1. The van der Waals surface area contributed by atoms with Crippen molar-refractivity contribution in [2.75, 3.05) is 28.7 Å². The summed E-state index contributed by atoms with van der Waals surface area (Å²) < 4.78 is 106. The van der Waals surface area contributed by atoms with Gasteiger partial charge >= 0.3 is 0 Å². The quantitative estimate of drug-likeness (QED) is 0.0182. The maximum Gasteiger partial charge on any atom is 0.296 e. The highest BCUT2D eigenvalue weighted by Gasteiger charge is 2.23. The van der Waals surface area contributed by atoms with Crippen molar-refractivity contribution in [1.82, 2.24) is 0 Å². The Labute approximate surface area is 436 Å². The van der Waals surface area contributed by atoms with E-state index in [-0.39, 0.29) is 36.1 Å². The van der Waals surface area contributed by atoms with Gasteiger partial charge in [0, 0.05) is 45.2 Å². The molecule has 0 heterocycles.